The van der Waals surface area contributed by atoms with Crippen molar-refractivity contribution in [2.75, 3.05) is 6.54 Å². The highest BCUT2D eigenvalue weighted by molar-refractivity contribution is 5.87. The van der Waals surface area contributed by atoms with E-state index in [1.165, 1.54) is 19.3 Å². The SMILES string of the molecule is CCN(C(=O)CCc1ccc(C(=O)O)cc1)C1CCCCC1. The van der Waals surface area contributed by atoms with E-state index in [0.717, 1.165) is 24.9 Å². The van der Waals surface area contributed by atoms with Crippen molar-refractivity contribution in [3.63, 3.8) is 0 Å². The van der Waals surface area contributed by atoms with E-state index in [-0.39, 0.29) is 11.5 Å². The summed E-state index contributed by atoms with van der Waals surface area (Å²) in [5, 5.41) is 8.88. The van der Waals surface area contributed by atoms with Crippen LogP contribution in [0.3, 0.4) is 0 Å². The van der Waals surface area contributed by atoms with Crippen molar-refractivity contribution < 1.29 is 14.7 Å². The molecule has 0 spiro atoms. The van der Waals surface area contributed by atoms with Crippen molar-refractivity contribution in [3.8, 4) is 0 Å². The first-order valence-electron chi connectivity index (χ1n) is 8.23. The summed E-state index contributed by atoms with van der Waals surface area (Å²) in [5.41, 5.74) is 1.30. The lowest BCUT2D eigenvalue weighted by molar-refractivity contribution is -0.133. The molecular formula is C18H25NO3. The molecule has 1 aliphatic rings. The second kappa shape index (κ2) is 7.97. The molecule has 0 aromatic heterocycles. The van der Waals surface area contributed by atoms with E-state index in [9.17, 15) is 9.59 Å². The fourth-order valence-electron chi connectivity index (χ4n) is 3.24. The average Bonchev–Trinajstić information content (AvgIpc) is 2.55. The number of rotatable bonds is 6. The quantitative estimate of drug-likeness (QED) is 0.875. The highest BCUT2D eigenvalue weighted by Gasteiger charge is 2.23. The largest absolute Gasteiger partial charge is 0.478 e. The molecule has 0 atom stereocenters. The Balaban J connectivity index is 1.88. The summed E-state index contributed by atoms with van der Waals surface area (Å²) in [4.78, 5) is 25.3. The van der Waals surface area contributed by atoms with Crippen molar-refractivity contribution >= 4 is 11.9 Å². The minimum absolute atomic E-state index is 0.219. The lowest BCUT2D eigenvalue weighted by Crippen LogP contribution is -2.41. The van der Waals surface area contributed by atoms with Gasteiger partial charge in [0.05, 0.1) is 5.56 Å². The lowest BCUT2D eigenvalue weighted by atomic mass is 9.94. The van der Waals surface area contributed by atoms with Crippen molar-refractivity contribution in [1.29, 1.82) is 0 Å². The molecule has 4 nitrogen and oxygen atoms in total. The van der Waals surface area contributed by atoms with Gasteiger partial charge in [-0.25, -0.2) is 4.79 Å². The number of hydrogen-bond donors (Lipinski definition) is 1. The number of hydrogen-bond acceptors (Lipinski definition) is 2. The molecule has 0 unspecified atom stereocenters. The Labute approximate surface area is 132 Å². The van der Waals surface area contributed by atoms with Crippen molar-refractivity contribution in [3.05, 3.63) is 35.4 Å². The molecule has 1 fully saturated rings. The minimum Gasteiger partial charge on any atom is -0.478 e. The fourth-order valence-corrected chi connectivity index (χ4v) is 3.24. The number of carbonyl (C=O) groups is 2. The molecule has 0 heterocycles. The molecule has 1 N–H and O–H groups in total. The molecular weight excluding hydrogens is 278 g/mol. The van der Waals surface area contributed by atoms with E-state index in [1.807, 2.05) is 11.8 Å². The Morgan fingerprint density at radius 2 is 1.77 bits per heavy atom. The van der Waals surface area contributed by atoms with E-state index in [2.05, 4.69) is 0 Å². The van der Waals surface area contributed by atoms with Gasteiger partial charge in [0.2, 0.25) is 5.91 Å². The van der Waals surface area contributed by atoms with Gasteiger partial charge in [-0.1, -0.05) is 31.4 Å². The highest BCUT2D eigenvalue weighted by atomic mass is 16.4. The zero-order chi connectivity index (χ0) is 15.9. The van der Waals surface area contributed by atoms with Gasteiger partial charge in [-0.15, -0.1) is 0 Å². The fraction of sp³-hybridized carbons (Fsp3) is 0.556. The number of carbonyl (C=O) groups excluding carboxylic acids is 1. The zero-order valence-electron chi connectivity index (χ0n) is 13.3. The summed E-state index contributed by atoms with van der Waals surface area (Å²) in [6.45, 7) is 2.83. The molecule has 1 amide bonds. The third kappa shape index (κ3) is 4.33. The van der Waals surface area contributed by atoms with Gasteiger partial charge >= 0.3 is 5.97 Å². The van der Waals surface area contributed by atoms with Gasteiger partial charge in [-0.2, -0.15) is 0 Å². The van der Waals surface area contributed by atoms with Gasteiger partial charge in [-0.05, 0) is 43.9 Å². The molecule has 4 heteroatoms. The maximum atomic E-state index is 12.5. The van der Waals surface area contributed by atoms with E-state index >= 15 is 0 Å². The molecule has 0 saturated heterocycles. The first-order chi connectivity index (χ1) is 10.6. The molecule has 1 aliphatic carbocycles. The van der Waals surface area contributed by atoms with E-state index in [4.69, 9.17) is 5.11 Å². The number of amides is 1. The van der Waals surface area contributed by atoms with Crippen LogP contribution in [0.1, 0.15) is 61.4 Å². The number of aryl methyl sites for hydroxylation is 1. The van der Waals surface area contributed by atoms with Gasteiger partial charge < -0.3 is 10.0 Å². The standard InChI is InChI=1S/C18H25NO3/c1-2-19(16-6-4-3-5-7-16)17(20)13-10-14-8-11-15(12-9-14)18(21)22/h8-9,11-12,16H,2-7,10,13H2,1H3,(H,21,22). The number of benzene rings is 1. The molecule has 2 rings (SSSR count). The summed E-state index contributed by atoms with van der Waals surface area (Å²) in [5.74, 6) is -0.700. The van der Waals surface area contributed by atoms with Crippen LogP contribution >= 0.6 is 0 Å². The summed E-state index contributed by atoms with van der Waals surface area (Å²) >= 11 is 0. The van der Waals surface area contributed by atoms with Crippen molar-refractivity contribution in [2.24, 2.45) is 0 Å². The maximum Gasteiger partial charge on any atom is 0.335 e. The average molecular weight is 303 g/mol. The van der Waals surface area contributed by atoms with Gasteiger partial charge in [0.25, 0.3) is 0 Å². The topological polar surface area (TPSA) is 57.6 Å². The summed E-state index contributed by atoms with van der Waals surface area (Å²) in [6, 6.07) is 7.21. The first-order valence-corrected chi connectivity index (χ1v) is 8.23. The summed E-state index contributed by atoms with van der Waals surface area (Å²) in [6.07, 6.45) is 7.17. The van der Waals surface area contributed by atoms with Gasteiger partial charge in [-0.3, -0.25) is 4.79 Å². The first kappa shape index (κ1) is 16.5. The Morgan fingerprint density at radius 1 is 1.14 bits per heavy atom. The second-order valence-corrected chi connectivity index (χ2v) is 5.97. The monoisotopic (exact) mass is 303 g/mol. The van der Waals surface area contributed by atoms with Crippen LogP contribution in [0.5, 0.6) is 0 Å². The normalized spacial score (nSPS) is 15.5. The van der Waals surface area contributed by atoms with Crippen LogP contribution in [0.25, 0.3) is 0 Å². The van der Waals surface area contributed by atoms with E-state index in [1.54, 1.807) is 24.3 Å². The minimum atomic E-state index is -0.919. The molecule has 22 heavy (non-hydrogen) atoms. The lowest BCUT2D eigenvalue weighted by Gasteiger charge is -2.33. The number of carboxylic acids is 1. The highest BCUT2D eigenvalue weighted by Crippen LogP contribution is 2.23. The molecule has 1 aromatic carbocycles. The number of nitrogens with zero attached hydrogens (tertiary/aromatic N) is 1. The third-order valence-electron chi connectivity index (χ3n) is 4.50. The Morgan fingerprint density at radius 3 is 2.32 bits per heavy atom. The van der Waals surface area contributed by atoms with E-state index in [0.29, 0.717) is 18.9 Å². The molecule has 0 aliphatic heterocycles. The van der Waals surface area contributed by atoms with Crippen LogP contribution in [0, 0.1) is 0 Å². The Hall–Kier alpha value is -1.84. The smallest absolute Gasteiger partial charge is 0.335 e. The summed E-state index contributed by atoms with van der Waals surface area (Å²) in [7, 11) is 0. The van der Waals surface area contributed by atoms with Crippen LogP contribution < -0.4 is 0 Å². The van der Waals surface area contributed by atoms with Crippen molar-refractivity contribution in [2.45, 2.75) is 57.9 Å². The van der Waals surface area contributed by atoms with Crippen LogP contribution in [-0.4, -0.2) is 34.5 Å². The van der Waals surface area contributed by atoms with Gasteiger partial charge in [0.1, 0.15) is 0 Å². The predicted octanol–water partition coefficient (Wildman–Crippen LogP) is 3.50. The second-order valence-electron chi connectivity index (χ2n) is 5.97. The Kier molecular flexibility index (Phi) is 5.99. The molecule has 0 radical (unpaired) electrons. The van der Waals surface area contributed by atoms with Crippen LogP contribution in [0.2, 0.25) is 0 Å². The van der Waals surface area contributed by atoms with Crippen LogP contribution in [0.15, 0.2) is 24.3 Å². The van der Waals surface area contributed by atoms with Crippen molar-refractivity contribution in [1.82, 2.24) is 4.90 Å². The maximum absolute atomic E-state index is 12.5. The third-order valence-corrected chi connectivity index (χ3v) is 4.50. The number of aromatic carboxylic acids is 1. The summed E-state index contributed by atoms with van der Waals surface area (Å²) < 4.78 is 0. The van der Waals surface area contributed by atoms with Gasteiger partial charge in [0.15, 0.2) is 0 Å². The zero-order valence-corrected chi connectivity index (χ0v) is 13.3. The predicted molar refractivity (Wildman–Crippen MR) is 86.0 cm³/mol. The molecule has 120 valence electrons. The van der Waals surface area contributed by atoms with Crippen LogP contribution in [-0.2, 0) is 11.2 Å². The molecule has 1 saturated carbocycles. The van der Waals surface area contributed by atoms with E-state index < -0.39 is 5.97 Å². The van der Waals surface area contributed by atoms with Gasteiger partial charge in [0, 0.05) is 19.0 Å². The van der Waals surface area contributed by atoms with Crippen LogP contribution in [0.4, 0.5) is 0 Å². The molecule has 0 bridgehead atoms. The Bertz CT molecular complexity index is 504. The molecule has 1 aromatic rings. The number of carboxylic acid groups (broad SMARTS) is 1.